The van der Waals surface area contributed by atoms with Gasteiger partial charge in [0, 0.05) is 12.2 Å². The van der Waals surface area contributed by atoms with Crippen molar-refractivity contribution in [3.8, 4) is 6.07 Å². The molecular weight excluding hydrogens is 250 g/mol. The fraction of sp³-hybridized carbons (Fsp3) is 0.188. The summed E-state index contributed by atoms with van der Waals surface area (Å²) in [7, 11) is 0. The Balaban J connectivity index is 1.67. The number of nitrogens with one attached hydrogen (secondary N) is 1. The van der Waals surface area contributed by atoms with Gasteiger partial charge in [0.2, 0.25) is 0 Å². The van der Waals surface area contributed by atoms with E-state index in [0.29, 0.717) is 11.3 Å². The number of nitrogens with zero attached hydrogens (tertiary/aromatic N) is 2. The molecule has 0 aliphatic heterocycles. The van der Waals surface area contributed by atoms with Gasteiger partial charge in [-0.05, 0) is 36.1 Å². The van der Waals surface area contributed by atoms with Crippen LogP contribution in [0.5, 0.6) is 0 Å². The van der Waals surface area contributed by atoms with E-state index in [4.69, 9.17) is 5.26 Å². The van der Waals surface area contributed by atoms with Crippen molar-refractivity contribution in [1.82, 2.24) is 10.3 Å². The minimum Gasteiger partial charge on any atom is -0.347 e. The number of hydrogen-bond acceptors (Lipinski definition) is 3. The molecule has 1 aromatic carbocycles. The molecule has 4 heteroatoms. The van der Waals surface area contributed by atoms with Crippen molar-refractivity contribution in [3.05, 3.63) is 65.0 Å². The first-order chi connectivity index (χ1) is 9.76. The van der Waals surface area contributed by atoms with Gasteiger partial charge in [0.25, 0.3) is 5.91 Å². The topological polar surface area (TPSA) is 65.8 Å². The molecule has 0 saturated heterocycles. The maximum Gasteiger partial charge on any atom is 0.270 e. The van der Waals surface area contributed by atoms with E-state index in [1.54, 1.807) is 12.1 Å². The molecule has 98 valence electrons. The number of fused-ring (bicyclic) bond motifs is 1. The number of hydrogen-bond donors (Lipinski definition) is 1. The number of carbonyl (C=O) groups is 1. The normalized spacial score (nSPS) is 13.6. The largest absolute Gasteiger partial charge is 0.347 e. The number of pyridine rings is 1. The summed E-state index contributed by atoms with van der Waals surface area (Å²) >= 11 is 0. The number of rotatable bonds is 2. The van der Waals surface area contributed by atoms with Crippen molar-refractivity contribution in [2.24, 2.45) is 0 Å². The van der Waals surface area contributed by atoms with Crippen molar-refractivity contribution in [2.75, 3.05) is 0 Å². The lowest BCUT2D eigenvalue weighted by Crippen LogP contribution is -2.35. The van der Waals surface area contributed by atoms with Gasteiger partial charge in [-0.1, -0.05) is 24.3 Å². The number of aromatic nitrogens is 1. The van der Waals surface area contributed by atoms with Crippen LogP contribution >= 0.6 is 0 Å². The molecular formula is C16H13N3O. The first kappa shape index (κ1) is 12.4. The SMILES string of the molecule is N#Cc1ccc(C(=O)NC2Cc3ccccc3C2)nc1. The van der Waals surface area contributed by atoms with Crippen LogP contribution in [0.4, 0.5) is 0 Å². The highest BCUT2D eigenvalue weighted by Crippen LogP contribution is 2.21. The van der Waals surface area contributed by atoms with Crippen LogP contribution in [0.25, 0.3) is 0 Å². The Bertz CT molecular complexity index is 661. The third-order valence-corrected chi connectivity index (χ3v) is 3.51. The van der Waals surface area contributed by atoms with Gasteiger partial charge in [-0.25, -0.2) is 4.98 Å². The Labute approximate surface area is 117 Å². The highest BCUT2D eigenvalue weighted by atomic mass is 16.1. The molecule has 1 aliphatic rings. The fourth-order valence-electron chi connectivity index (χ4n) is 2.51. The van der Waals surface area contributed by atoms with Crippen molar-refractivity contribution >= 4 is 5.91 Å². The number of benzene rings is 1. The van der Waals surface area contributed by atoms with Gasteiger partial charge in [-0.3, -0.25) is 4.79 Å². The molecule has 0 spiro atoms. The summed E-state index contributed by atoms with van der Waals surface area (Å²) in [6.45, 7) is 0. The lowest BCUT2D eigenvalue weighted by Gasteiger charge is -2.11. The van der Waals surface area contributed by atoms with Crippen LogP contribution in [0.15, 0.2) is 42.6 Å². The van der Waals surface area contributed by atoms with E-state index in [9.17, 15) is 4.79 Å². The van der Waals surface area contributed by atoms with Crippen molar-refractivity contribution in [2.45, 2.75) is 18.9 Å². The molecule has 1 aliphatic carbocycles. The van der Waals surface area contributed by atoms with Crippen molar-refractivity contribution in [1.29, 1.82) is 5.26 Å². The molecule has 20 heavy (non-hydrogen) atoms. The minimum atomic E-state index is -0.188. The highest BCUT2D eigenvalue weighted by Gasteiger charge is 2.23. The summed E-state index contributed by atoms with van der Waals surface area (Å²) in [4.78, 5) is 16.1. The second-order valence-corrected chi connectivity index (χ2v) is 4.89. The Morgan fingerprint density at radius 2 is 1.90 bits per heavy atom. The summed E-state index contributed by atoms with van der Waals surface area (Å²) in [5, 5.41) is 11.7. The molecule has 3 rings (SSSR count). The summed E-state index contributed by atoms with van der Waals surface area (Å²) in [5.41, 5.74) is 3.39. The molecule has 1 aromatic heterocycles. The highest BCUT2D eigenvalue weighted by molar-refractivity contribution is 5.92. The average molecular weight is 263 g/mol. The molecule has 0 saturated carbocycles. The van der Waals surface area contributed by atoms with Crippen LogP contribution in [0.3, 0.4) is 0 Å². The maximum atomic E-state index is 12.1. The first-order valence-electron chi connectivity index (χ1n) is 6.50. The molecule has 0 radical (unpaired) electrons. The number of amides is 1. The quantitative estimate of drug-likeness (QED) is 0.899. The Hall–Kier alpha value is -2.67. The molecule has 4 nitrogen and oxygen atoms in total. The summed E-state index contributed by atoms with van der Waals surface area (Å²) < 4.78 is 0. The summed E-state index contributed by atoms with van der Waals surface area (Å²) in [6, 6.07) is 13.5. The van der Waals surface area contributed by atoms with Gasteiger partial charge in [-0.15, -0.1) is 0 Å². The first-order valence-corrected chi connectivity index (χ1v) is 6.50. The monoisotopic (exact) mass is 263 g/mol. The van der Waals surface area contributed by atoms with E-state index in [2.05, 4.69) is 22.4 Å². The minimum absolute atomic E-state index is 0.123. The molecule has 0 fully saturated rings. The van der Waals surface area contributed by atoms with Gasteiger partial charge in [0.05, 0.1) is 5.56 Å². The standard InChI is InChI=1S/C16H13N3O/c17-9-11-5-6-15(18-10-11)16(20)19-14-7-12-3-1-2-4-13(12)8-14/h1-6,10,14H,7-8H2,(H,19,20). The zero-order valence-corrected chi connectivity index (χ0v) is 10.8. The molecule has 0 atom stereocenters. The molecule has 1 N–H and O–H groups in total. The molecule has 0 bridgehead atoms. The van der Waals surface area contributed by atoms with Crippen LogP contribution in [0.1, 0.15) is 27.2 Å². The van der Waals surface area contributed by atoms with E-state index < -0.39 is 0 Å². The molecule has 1 amide bonds. The zero-order chi connectivity index (χ0) is 13.9. The van der Waals surface area contributed by atoms with Gasteiger partial charge in [0.15, 0.2) is 0 Å². The van der Waals surface area contributed by atoms with E-state index in [1.807, 2.05) is 18.2 Å². The van der Waals surface area contributed by atoms with E-state index in [1.165, 1.54) is 17.3 Å². The van der Waals surface area contributed by atoms with Crippen LogP contribution in [-0.2, 0) is 12.8 Å². The van der Waals surface area contributed by atoms with Crippen molar-refractivity contribution in [3.63, 3.8) is 0 Å². The van der Waals surface area contributed by atoms with E-state index in [-0.39, 0.29) is 11.9 Å². The van der Waals surface area contributed by atoms with Gasteiger partial charge < -0.3 is 5.32 Å². The summed E-state index contributed by atoms with van der Waals surface area (Å²) in [6.07, 6.45) is 3.13. The Morgan fingerprint density at radius 3 is 2.45 bits per heavy atom. The molecule has 1 heterocycles. The second-order valence-electron chi connectivity index (χ2n) is 4.89. The molecule has 0 unspecified atom stereocenters. The Morgan fingerprint density at radius 1 is 1.20 bits per heavy atom. The Kier molecular flexibility index (Phi) is 3.18. The second kappa shape index (κ2) is 5.14. The number of nitriles is 1. The zero-order valence-electron chi connectivity index (χ0n) is 10.8. The van der Waals surface area contributed by atoms with E-state index in [0.717, 1.165) is 12.8 Å². The predicted molar refractivity (Wildman–Crippen MR) is 74.1 cm³/mol. The lowest BCUT2D eigenvalue weighted by atomic mass is 10.1. The van der Waals surface area contributed by atoms with Gasteiger partial charge >= 0.3 is 0 Å². The molecule has 2 aromatic rings. The maximum absolute atomic E-state index is 12.1. The van der Waals surface area contributed by atoms with Crippen molar-refractivity contribution < 1.29 is 4.79 Å². The van der Waals surface area contributed by atoms with Crippen LogP contribution in [0.2, 0.25) is 0 Å². The number of carbonyl (C=O) groups excluding carboxylic acids is 1. The van der Waals surface area contributed by atoms with Crippen LogP contribution in [-0.4, -0.2) is 16.9 Å². The summed E-state index contributed by atoms with van der Waals surface area (Å²) in [5.74, 6) is -0.188. The average Bonchev–Trinajstić information content (AvgIpc) is 2.89. The smallest absolute Gasteiger partial charge is 0.270 e. The lowest BCUT2D eigenvalue weighted by molar-refractivity contribution is 0.0933. The van der Waals surface area contributed by atoms with Gasteiger partial charge in [-0.2, -0.15) is 5.26 Å². The fourth-order valence-corrected chi connectivity index (χ4v) is 2.51. The van der Waals surface area contributed by atoms with Crippen LogP contribution < -0.4 is 5.32 Å². The van der Waals surface area contributed by atoms with Gasteiger partial charge in [0.1, 0.15) is 11.8 Å². The predicted octanol–water partition coefficient (Wildman–Crippen LogP) is 1.85. The van der Waals surface area contributed by atoms with Crippen LogP contribution in [0, 0.1) is 11.3 Å². The van der Waals surface area contributed by atoms with E-state index >= 15 is 0 Å². The third kappa shape index (κ3) is 2.39. The third-order valence-electron chi connectivity index (χ3n) is 3.51.